The first-order valence-corrected chi connectivity index (χ1v) is 4.68. The van der Waals surface area contributed by atoms with Crippen molar-refractivity contribution >= 4 is 23.9 Å². The summed E-state index contributed by atoms with van der Waals surface area (Å²) in [5.74, 6) is -6.64. The Hall–Kier alpha value is -0.679. The van der Waals surface area contributed by atoms with Gasteiger partial charge in [-0.2, -0.15) is 0 Å². The first kappa shape index (κ1) is 24.3. The summed E-state index contributed by atoms with van der Waals surface area (Å²) in [6, 6.07) is 0. The Kier molecular flexibility index (Phi) is 12.3. The zero-order valence-electron chi connectivity index (χ0n) is 9.92. The average molecular weight is 480 g/mol. The van der Waals surface area contributed by atoms with Gasteiger partial charge in [0.1, 0.15) is 6.10 Å². The number of carboxylic acid groups (broad SMARTS) is 3. The summed E-state index contributed by atoms with van der Waals surface area (Å²) in [5.41, 5.74) is -2.74. The zero-order chi connectivity index (χ0) is 14.5. The van der Waals surface area contributed by atoms with E-state index in [1.807, 2.05) is 0 Å². The Morgan fingerprint density at radius 1 is 1.00 bits per heavy atom. The third-order valence-electron chi connectivity index (χ3n) is 1.90. The molecule has 1 atom stereocenters. The SMILES string of the molecule is CC(O)C(=O)OC(CC(=O)O)(CC(=O)O)C(=O)O.[Ag].[Ag]. The number of carbonyl (C=O) groups excluding carboxylic acids is 1. The van der Waals surface area contributed by atoms with Gasteiger partial charge in [0.05, 0.1) is 12.8 Å². The van der Waals surface area contributed by atoms with Crippen molar-refractivity contribution in [1.82, 2.24) is 0 Å². The van der Waals surface area contributed by atoms with Crippen LogP contribution in [0.15, 0.2) is 0 Å². The van der Waals surface area contributed by atoms with E-state index in [1.165, 1.54) is 0 Å². The molecule has 0 saturated heterocycles. The Balaban J connectivity index is -0.00000144. The van der Waals surface area contributed by atoms with E-state index in [0.717, 1.165) is 6.92 Å². The fourth-order valence-electron chi connectivity index (χ4n) is 1.10. The van der Waals surface area contributed by atoms with Crippen molar-refractivity contribution in [1.29, 1.82) is 0 Å². The van der Waals surface area contributed by atoms with Crippen LogP contribution >= 0.6 is 0 Å². The largest absolute Gasteiger partial charge is 0.481 e. The molecule has 0 aromatic rings. The number of aliphatic hydroxyl groups is 1. The molecule has 11 heteroatoms. The van der Waals surface area contributed by atoms with Crippen LogP contribution < -0.4 is 0 Å². The zero-order valence-corrected chi connectivity index (χ0v) is 12.9. The van der Waals surface area contributed by atoms with Gasteiger partial charge in [-0.3, -0.25) is 9.59 Å². The summed E-state index contributed by atoms with van der Waals surface area (Å²) in [6.45, 7) is 0.969. The van der Waals surface area contributed by atoms with Gasteiger partial charge in [-0.15, -0.1) is 0 Å². The van der Waals surface area contributed by atoms with E-state index in [-0.39, 0.29) is 44.8 Å². The van der Waals surface area contributed by atoms with Gasteiger partial charge in [-0.05, 0) is 6.92 Å². The van der Waals surface area contributed by atoms with Gasteiger partial charge in [-0.25, -0.2) is 9.59 Å². The molecular formula is C9H12Ag2O9. The predicted octanol–water partition coefficient (Wildman–Crippen LogP) is -1.32. The van der Waals surface area contributed by atoms with Gasteiger partial charge >= 0.3 is 23.9 Å². The normalized spacial score (nSPS) is 11.3. The smallest absolute Gasteiger partial charge is 0.349 e. The van der Waals surface area contributed by atoms with E-state index in [4.69, 9.17) is 20.4 Å². The topological polar surface area (TPSA) is 158 Å². The molecule has 0 heterocycles. The molecule has 20 heavy (non-hydrogen) atoms. The Labute approximate surface area is 144 Å². The standard InChI is InChI=1S/C9H12O9.2Ag/c1-4(10)7(15)18-9(8(16)17,2-5(11)12)3-6(13)14;;/h4,10H,2-3H2,1H3,(H,11,12)(H,13,14)(H,16,17);;. The van der Waals surface area contributed by atoms with Crippen molar-refractivity contribution in [2.45, 2.75) is 31.5 Å². The minimum Gasteiger partial charge on any atom is -0.481 e. The second-order valence-electron chi connectivity index (χ2n) is 3.54. The predicted molar refractivity (Wildman–Crippen MR) is 52.6 cm³/mol. The molecule has 0 aliphatic rings. The maximum absolute atomic E-state index is 11.1. The molecule has 9 nitrogen and oxygen atoms in total. The Bertz CT molecular complexity index is 364. The third-order valence-corrected chi connectivity index (χ3v) is 1.90. The fraction of sp³-hybridized carbons (Fsp3) is 0.556. The number of esters is 1. The molecule has 0 spiro atoms. The molecule has 0 aliphatic carbocycles. The van der Waals surface area contributed by atoms with E-state index < -0.39 is 48.4 Å². The van der Waals surface area contributed by atoms with Crippen molar-refractivity contribution < 1.29 is 89.1 Å². The van der Waals surface area contributed by atoms with E-state index in [2.05, 4.69) is 4.74 Å². The molecule has 124 valence electrons. The van der Waals surface area contributed by atoms with Crippen LogP contribution in [0.4, 0.5) is 0 Å². The number of hydrogen-bond donors (Lipinski definition) is 4. The van der Waals surface area contributed by atoms with E-state index in [0.29, 0.717) is 0 Å². The van der Waals surface area contributed by atoms with Crippen LogP contribution in [0.2, 0.25) is 0 Å². The van der Waals surface area contributed by atoms with Gasteiger partial charge < -0.3 is 25.2 Å². The molecule has 2 radical (unpaired) electrons. The monoisotopic (exact) mass is 478 g/mol. The van der Waals surface area contributed by atoms with E-state index in [9.17, 15) is 19.2 Å². The molecule has 0 aromatic carbocycles. The van der Waals surface area contributed by atoms with Crippen LogP contribution in [0.3, 0.4) is 0 Å². The van der Waals surface area contributed by atoms with Gasteiger partial charge in [0.2, 0.25) is 5.60 Å². The van der Waals surface area contributed by atoms with Crippen molar-refractivity contribution in [3.63, 3.8) is 0 Å². The second kappa shape index (κ2) is 10.1. The van der Waals surface area contributed by atoms with E-state index >= 15 is 0 Å². The Morgan fingerprint density at radius 2 is 1.35 bits per heavy atom. The molecule has 0 rings (SSSR count). The molecule has 4 N–H and O–H groups in total. The molecule has 0 bridgehead atoms. The van der Waals surface area contributed by atoms with Crippen molar-refractivity contribution in [3.8, 4) is 0 Å². The molecule has 0 aliphatic heterocycles. The van der Waals surface area contributed by atoms with Crippen LogP contribution in [0, 0.1) is 0 Å². The number of carbonyl (C=O) groups is 4. The quantitative estimate of drug-likeness (QED) is 0.256. The first-order chi connectivity index (χ1) is 8.10. The van der Waals surface area contributed by atoms with Crippen LogP contribution in [-0.2, 0) is 68.7 Å². The number of carboxylic acids is 3. The molecule has 0 aromatic heterocycles. The summed E-state index contributed by atoms with van der Waals surface area (Å²) in [7, 11) is 0. The second-order valence-corrected chi connectivity index (χ2v) is 3.54. The summed E-state index contributed by atoms with van der Waals surface area (Å²) < 4.78 is 4.33. The summed E-state index contributed by atoms with van der Waals surface area (Å²) in [5, 5.41) is 34.8. The van der Waals surface area contributed by atoms with Crippen LogP contribution in [0.5, 0.6) is 0 Å². The summed E-state index contributed by atoms with van der Waals surface area (Å²) >= 11 is 0. The van der Waals surface area contributed by atoms with Crippen LogP contribution in [0.1, 0.15) is 19.8 Å². The van der Waals surface area contributed by atoms with E-state index in [1.54, 1.807) is 0 Å². The fourth-order valence-corrected chi connectivity index (χ4v) is 1.10. The van der Waals surface area contributed by atoms with Gasteiger partial charge in [-0.1, -0.05) is 0 Å². The number of rotatable bonds is 7. The maximum atomic E-state index is 11.1. The number of hydrogen-bond acceptors (Lipinski definition) is 6. The van der Waals surface area contributed by atoms with Crippen LogP contribution in [-0.4, -0.2) is 56.0 Å². The van der Waals surface area contributed by atoms with Crippen molar-refractivity contribution in [2.75, 3.05) is 0 Å². The van der Waals surface area contributed by atoms with Gasteiger partial charge in [0.15, 0.2) is 0 Å². The van der Waals surface area contributed by atoms with Crippen LogP contribution in [0.25, 0.3) is 0 Å². The average Bonchev–Trinajstić information content (AvgIpc) is 2.14. The van der Waals surface area contributed by atoms with Crippen molar-refractivity contribution in [2.24, 2.45) is 0 Å². The minimum absolute atomic E-state index is 0. The summed E-state index contributed by atoms with van der Waals surface area (Å²) in [6.07, 6.45) is -4.16. The molecule has 1 unspecified atom stereocenters. The van der Waals surface area contributed by atoms with Crippen molar-refractivity contribution in [3.05, 3.63) is 0 Å². The molecule has 0 fully saturated rings. The molecule has 0 saturated carbocycles. The van der Waals surface area contributed by atoms with Gasteiger partial charge in [0.25, 0.3) is 0 Å². The molecule has 0 amide bonds. The number of ether oxygens (including phenoxy) is 1. The number of aliphatic carboxylic acids is 3. The maximum Gasteiger partial charge on any atom is 0.349 e. The van der Waals surface area contributed by atoms with Gasteiger partial charge in [0, 0.05) is 44.8 Å². The Morgan fingerprint density at radius 3 is 1.55 bits per heavy atom. The molecular weight excluding hydrogens is 468 g/mol. The number of aliphatic hydroxyl groups excluding tert-OH is 1. The summed E-state index contributed by atoms with van der Waals surface area (Å²) in [4.78, 5) is 43.2. The first-order valence-electron chi connectivity index (χ1n) is 4.68. The minimum atomic E-state index is -2.74. The third kappa shape index (κ3) is 7.80.